The molecule has 1 atom stereocenters. The second-order valence-corrected chi connectivity index (χ2v) is 11.3. The zero-order chi connectivity index (χ0) is 23.2. The van der Waals surface area contributed by atoms with Gasteiger partial charge in [-0.1, -0.05) is 6.07 Å². The van der Waals surface area contributed by atoms with Gasteiger partial charge in [0.1, 0.15) is 0 Å². The quantitative estimate of drug-likeness (QED) is 0.689. The highest BCUT2D eigenvalue weighted by Gasteiger charge is 2.29. The first-order valence-electron chi connectivity index (χ1n) is 11.6. The molecule has 0 saturated heterocycles. The van der Waals surface area contributed by atoms with Gasteiger partial charge in [0.15, 0.2) is 5.03 Å². The smallest absolute Gasteiger partial charge is 0.283 e. The van der Waals surface area contributed by atoms with E-state index in [-0.39, 0.29) is 23.5 Å². The molecule has 4 rings (SSSR count). The summed E-state index contributed by atoms with van der Waals surface area (Å²) in [5.41, 5.74) is 7.09. The van der Waals surface area contributed by atoms with Crippen molar-refractivity contribution in [1.82, 2.24) is 19.4 Å². The van der Waals surface area contributed by atoms with Crippen LogP contribution in [0.1, 0.15) is 79.2 Å². The third kappa shape index (κ3) is 4.22. The van der Waals surface area contributed by atoms with Crippen LogP contribution in [0.5, 0.6) is 0 Å². The van der Waals surface area contributed by atoms with Gasteiger partial charge in [-0.3, -0.25) is 9.48 Å². The van der Waals surface area contributed by atoms with E-state index in [1.165, 1.54) is 22.3 Å². The van der Waals surface area contributed by atoms with Crippen LogP contribution in [0.15, 0.2) is 17.2 Å². The third-order valence-electron chi connectivity index (χ3n) is 6.89. The fourth-order valence-electron chi connectivity index (χ4n) is 5.05. The number of rotatable bonds is 7. The van der Waals surface area contributed by atoms with Crippen LogP contribution in [0.4, 0.5) is 0 Å². The van der Waals surface area contributed by atoms with Gasteiger partial charge >= 0.3 is 0 Å². The zero-order valence-corrected chi connectivity index (χ0v) is 20.6. The lowest BCUT2D eigenvalue weighted by Gasteiger charge is -2.22. The van der Waals surface area contributed by atoms with Crippen LogP contribution in [0.2, 0.25) is 0 Å². The molecule has 7 nitrogen and oxygen atoms in total. The van der Waals surface area contributed by atoms with Crippen molar-refractivity contribution in [2.24, 2.45) is 0 Å². The molecule has 0 saturated carbocycles. The minimum atomic E-state index is -4.05. The summed E-state index contributed by atoms with van der Waals surface area (Å²) in [6.45, 7) is 5.93. The summed E-state index contributed by atoms with van der Waals surface area (Å²) < 4.78 is 30.1. The Labute approximate surface area is 191 Å². The van der Waals surface area contributed by atoms with E-state index >= 15 is 0 Å². The highest BCUT2D eigenvalue weighted by molar-refractivity contribution is 7.90. The maximum atomic E-state index is 13.1. The number of hydrogen-bond donors (Lipinski definition) is 1. The van der Waals surface area contributed by atoms with Crippen LogP contribution in [-0.4, -0.2) is 43.1 Å². The van der Waals surface area contributed by atoms with Gasteiger partial charge < -0.3 is 4.90 Å². The zero-order valence-electron chi connectivity index (χ0n) is 19.7. The van der Waals surface area contributed by atoms with Gasteiger partial charge in [-0.25, -0.2) is 4.72 Å². The van der Waals surface area contributed by atoms with Crippen molar-refractivity contribution in [1.29, 1.82) is 0 Å². The Hall–Kier alpha value is -2.19. The average molecular weight is 459 g/mol. The SMILES string of the molecule is CC(c1cc(S(=O)(=O)NC(=O)Cc2c3c(cc4c2CCC4)CCC3)nn1C(C)C)N(C)C. The van der Waals surface area contributed by atoms with Crippen LogP contribution in [0.25, 0.3) is 0 Å². The predicted molar refractivity (Wildman–Crippen MR) is 124 cm³/mol. The Morgan fingerprint density at radius 2 is 1.66 bits per heavy atom. The molecule has 32 heavy (non-hydrogen) atoms. The summed E-state index contributed by atoms with van der Waals surface area (Å²) in [4.78, 5) is 14.9. The van der Waals surface area contributed by atoms with Crippen LogP contribution in [0.3, 0.4) is 0 Å². The number of aryl methyl sites for hydroxylation is 2. The number of hydrogen-bond acceptors (Lipinski definition) is 5. The number of nitrogens with one attached hydrogen (secondary N) is 1. The monoisotopic (exact) mass is 458 g/mol. The molecule has 0 aliphatic heterocycles. The predicted octanol–water partition coefficient (Wildman–Crippen LogP) is 3.11. The molecule has 0 radical (unpaired) electrons. The molecule has 2 aliphatic rings. The first-order chi connectivity index (χ1) is 15.1. The Morgan fingerprint density at radius 3 is 2.19 bits per heavy atom. The molecular formula is C24H34N4O3S. The first kappa shape index (κ1) is 23.0. The standard InChI is InChI=1S/C24H34N4O3S/c1-15(2)28-22(16(3)27(4)5)14-24(25-28)32(30,31)26-23(29)13-21-19-10-6-8-17(19)12-18-9-7-11-20(18)21/h12,14-16H,6-11,13H2,1-5H3,(H,26,29). The van der Waals surface area contributed by atoms with Crippen molar-refractivity contribution in [2.75, 3.05) is 14.1 Å². The van der Waals surface area contributed by atoms with Crippen molar-refractivity contribution >= 4 is 15.9 Å². The van der Waals surface area contributed by atoms with Crippen LogP contribution >= 0.6 is 0 Å². The van der Waals surface area contributed by atoms with Crippen molar-refractivity contribution < 1.29 is 13.2 Å². The van der Waals surface area contributed by atoms with Gasteiger partial charge in [0, 0.05) is 18.2 Å². The van der Waals surface area contributed by atoms with Gasteiger partial charge in [0.2, 0.25) is 5.91 Å². The van der Waals surface area contributed by atoms with E-state index in [1.54, 1.807) is 10.7 Å². The van der Waals surface area contributed by atoms with Gasteiger partial charge in [-0.15, -0.1) is 0 Å². The number of nitrogens with zero attached hydrogens (tertiary/aromatic N) is 3. The Balaban J connectivity index is 1.59. The molecule has 0 fully saturated rings. The Bertz CT molecular complexity index is 1120. The van der Waals surface area contributed by atoms with E-state index in [9.17, 15) is 13.2 Å². The topological polar surface area (TPSA) is 84.3 Å². The number of amides is 1. The summed E-state index contributed by atoms with van der Waals surface area (Å²) in [7, 11) is -0.173. The highest BCUT2D eigenvalue weighted by Crippen LogP contribution is 2.35. The lowest BCUT2D eigenvalue weighted by molar-refractivity contribution is -0.118. The lowest BCUT2D eigenvalue weighted by Crippen LogP contribution is -2.32. The molecule has 1 unspecified atom stereocenters. The minimum Gasteiger partial charge on any atom is -0.301 e. The molecule has 1 amide bonds. The fraction of sp³-hybridized carbons (Fsp3) is 0.583. The molecule has 8 heteroatoms. The number of aromatic nitrogens is 2. The van der Waals surface area contributed by atoms with E-state index in [2.05, 4.69) is 15.9 Å². The van der Waals surface area contributed by atoms with Gasteiger partial charge in [0.25, 0.3) is 10.0 Å². The van der Waals surface area contributed by atoms with Crippen molar-refractivity contribution in [3.63, 3.8) is 0 Å². The van der Waals surface area contributed by atoms with E-state index in [0.29, 0.717) is 0 Å². The van der Waals surface area contributed by atoms with Crippen LogP contribution < -0.4 is 4.72 Å². The number of benzene rings is 1. The minimum absolute atomic E-state index is 0.00143. The number of carbonyl (C=O) groups is 1. The lowest BCUT2D eigenvalue weighted by atomic mass is 9.92. The van der Waals surface area contributed by atoms with Gasteiger partial charge in [-0.05, 0) is 101 Å². The molecule has 1 heterocycles. The molecule has 1 N–H and O–H groups in total. The van der Waals surface area contributed by atoms with Crippen LogP contribution in [-0.2, 0) is 46.9 Å². The second-order valence-electron chi connectivity index (χ2n) is 9.63. The Morgan fingerprint density at radius 1 is 1.06 bits per heavy atom. The van der Waals surface area contributed by atoms with Crippen molar-refractivity contribution in [2.45, 2.75) is 82.8 Å². The number of fused-ring (bicyclic) bond motifs is 2. The summed E-state index contributed by atoms with van der Waals surface area (Å²) in [6.07, 6.45) is 6.36. The molecule has 2 aromatic rings. The highest BCUT2D eigenvalue weighted by atomic mass is 32.2. The fourth-order valence-corrected chi connectivity index (χ4v) is 6.00. The Kier molecular flexibility index (Phi) is 6.20. The van der Waals surface area contributed by atoms with E-state index in [4.69, 9.17) is 0 Å². The van der Waals surface area contributed by atoms with E-state index in [1.807, 2.05) is 39.8 Å². The van der Waals surface area contributed by atoms with Crippen molar-refractivity contribution in [3.8, 4) is 0 Å². The molecule has 2 aliphatic carbocycles. The maximum absolute atomic E-state index is 13.1. The normalized spacial score (nSPS) is 16.5. The maximum Gasteiger partial charge on any atom is 0.283 e. The summed E-state index contributed by atoms with van der Waals surface area (Å²) >= 11 is 0. The molecule has 0 spiro atoms. The van der Waals surface area contributed by atoms with E-state index in [0.717, 1.165) is 49.8 Å². The van der Waals surface area contributed by atoms with E-state index < -0.39 is 15.9 Å². The molecule has 1 aromatic heterocycles. The summed E-state index contributed by atoms with van der Waals surface area (Å²) in [5.74, 6) is -0.485. The number of sulfonamides is 1. The largest absolute Gasteiger partial charge is 0.301 e. The third-order valence-corrected chi connectivity index (χ3v) is 8.14. The summed E-state index contributed by atoms with van der Waals surface area (Å²) in [6, 6.07) is 3.88. The van der Waals surface area contributed by atoms with Gasteiger partial charge in [-0.2, -0.15) is 13.5 Å². The van der Waals surface area contributed by atoms with Gasteiger partial charge in [0.05, 0.1) is 12.1 Å². The van der Waals surface area contributed by atoms with Crippen molar-refractivity contribution in [3.05, 3.63) is 45.6 Å². The molecular weight excluding hydrogens is 424 g/mol. The van der Waals surface area contributed by atoms with Crippen LogP contribution in [0, 0.1) is 0 Å². The molecule has 0 bridgehead atoms. The molecule has 174 valence electrons. The summed E-state index contributed by atoms with van der Waals surface area (Å²) in [5, 5.41) is 4.24. The molecule has 1 aromatic carbocycles. The number of carbonyl (C=O) groups excluding carboxylic acids is 1. The average Bonchev–Trinajstić information content (AvgIpc) is 3.45. The first-order valence-corrected chi connectivity index (χ1v) is 13.0. The second kappa shape index (κ2) is 8.63.